The molecule has 0 bridgehead atoms. The van der Waals surface area contributed by atoms with Crippen LogP contribution < -0.4 is 16.4 Å². The highest BCUT2D eigenvalue weighted by molar-refractivity contribution is 5.95. The highest BCUT2D eigenvalue weighted by Crippen LogP contribution is 2.31. The standard InChI is InChI=1S/C13H16F3N3O/c14-13(15,16)4-1-5-18-11-6-8-2-3-12(20)19-10(8)7-9(11)17/h6-7,18H,1-5,17H2,(H,19,20). The Hall–Kier alpha value is -1.92. The number of nitrogens with two attached hydrogens (primary N) is 1. The third-order valence-electron chi connectivity index (χ3n) is 3.12. The number of rotatable bonds is 4. The Balaban J connectivity index is 1.97. The molecule has 0 fully saturated rings. The van der Waals surface area contributed by atoms with Crippen LogP contribution in [0.25, 0.3) is 0 Å². The molecule has 0 radical (unpaired) electrons. The number of amides is 1. The summed E-state index contributed by atoms with van der Waals surface area (Å²) < 4.78 is 36.1. The van der Waals surface area contributed by atoms with E-state index < -0.39 is 12.6 Å². The maximum atomic E-state index is 12.0. The van der Waals surface area contributed by atoms with Gasteiger partial charge in [-0.15, -0.1) is 0 Å². The SMILES string of the molecule is Nc1cc2c(cc1NCCCC(F)(F)F)CCC(=O)N2. The molecule has 7 heteroatoms. The molecule has 0 unspecified atom stereocenters. The molecule has 0 saturated heterocycles. The van der Waals surface area contributed by atoms with Gasteiger partial charge >= 0.3 is 6.18 Å². The molecular formula is C13H16F3N3O. The van der Waals surface area contributed by atoms with Gasteiger partial charge in [0.1, 0.15) is 0 Å². The van der Waals surface area contributed by atoms with Crippen molar-refractivity contribution < 1.29 is 18.0 Å². The molecular weight excluding hydrogens is 271 g/mol. The van der Waals surface area contributed by atoms with E-state index in [0.717, 1.165) is 5.56 Å². The van der Waals surface area contributed by atoms with Gasteiger partial charge in [-0.2, -0.15) is 13.2 Å². The molecule has 4 N–H and O–H groups in total. The number of hydrogen-bond acceptors (Lipinski definition) is 3. The van der Waals surface area contributed by atoms with E-state index in [4.69, 9.17) is 5.73 Å². The van der Waals surface area contributed by atoms with Crippen molar-refractivity contribution in [3.63, 3.8) is 0 Å². The van der Waals surface area contributed by atoms with Crippen molar-refractivity contribution in [2.75, 3.05) is 22.9 Å². The van der Waals surface area contributed by atoms with Crippen LogP contribution in [0.2, 0.25) is 0 Å². The van der Waals surface area contributed by atoms with E-state index in [-0.39, 0.29) is 18.9 Å². The molecule has 2 rings (SSSR count). The summed E-state index contributed by atoms with van der Waals surface area (Å²) in [5.74, 6) is -0.0530. The van der Waals surface area contributed by atoms with Gasteiger partial charge in [0.15, 0.2) is 0 Å². The Morgan fingerprint density at radius 2 is 2.05 bits per heavy atom. The monoisotopic (exact) mass is 287 g/mol. The summed E-state index contributed by atoms with van der Waals surface area (Å²) in [5.41, 5.74) is 8.47. The van der Waals surface area contributed by atoms with Crippen molar-refractivity contribution in [1.82, 2.24) is 0 Å². The van der Waals surface area contributed by atoms with E-state index in [1.807, 2.05) is 0 Å². The third kappa shape index (κ3) is 3.79. The maximum absolute atomic E-state index is 12.0. The largest absolute Gasteiger partial charge is 0.397 e. The summed E-state index contributed by atoms with van der Waals surface area (Å²) in [4.78, 5) is 11.3. The number of fused-ring (bicyclic) bond motifs is 1. The van der Waals surface area contributed by atoms with E-state index in [1.165, 1.54) is 0 Å². The smallest absolute Gasteiger partial charge is 0.389 e. The third-order valence-corrected chi connectivity index (χ3v) is 3.12. The van der Waals surface area contributed by atoms with Crippen molar-refractivity contribution in [2.45, 2.75) is 31.9 Å². The van der Waals surface area contributed by atoms with Crippen LogP contribution in [0.3, 0.4) is 0 Å². The Morgan fingerprint density at radius 3 is 2.75 bits per heavy atom. The first-order chi connectivity index (χ1) is 9.35. The van der Waals surface area contributed by atoms with Crippen molar-refractivity contribution in [3.05, 3.63) is 17.7 Å². The van der Waals surface area contributed by atoms with Gasteiger partial charge in [-0.05, 0) is 30.5 Å². The first kappa shape index (κ1) is 14.5. The van der Waals surface area contributed by atoms with Gasteiger partial charge in [-0.3, -0.25) is 4.79 Å². The average molecular weight is 287 g/mol. The van der Waals surface area contributed by atoms with Crippen molar-refractivity contribution in [3.8, 4) is 0 Å². The topological polar surface area (TPSA) is 67.1 Å². The molecule has 1 aromatic rings. The first-order valence-corrected chi connectivity index (χ1v) is 6.38. The fraction of sp³-hybridized carbons (Fsp3) is 0.462. The molecule has 1 heterocycles. The Bertz CT molecular complexity index is 514. The molecule has 1 aliphatic heterocycles. The molecule has 0 saturated carbocycles. The second kappa shape index (κ2) is 5.60. The number of carbonyl (C=O) groups excluding carboxylic acids is 1. The quantitative estimate of drug-likeness (QED) is 0.589. The lowest BCUT2D eigenvalue weighted by Gasteiger charge is -2.20. The number of benzene rings is 1. The minimum absolute atomic E-state index is 0.00321. The lowest BCUT2D eigenvalue weighted by atomic mass is 10.0. The molecule has 0 atom stereocenters. The number of halogens is 3. The van der Waals surface area contributed by atoms with Crippen LogP contribution in [-0.4, -0.2) is 18.6 Å². The summed E-state index contributed by atoms with van der Waals surface area (Å²) in [6.45, 7) is 0.203. The van der Waals surface area contributed by atoms with Crippen LogP contribution in [0, 0.1) is 0 Å². The van der Waals surface area contributed by atoms with Crippen LogP contribution in [0.5, 0.6) is 0 Å². The zero-order chi connectivity index (χ0) is 14.8. The van der Waals surface area contributed by atoms with Gasteiger partial charge < -0.3 is 16.4 Å². The first-order valence-electron chi connectivity index (χ1n) is 6.38. The van der Waals surface area contributed by atoms with Gasteiger partial charge in [-0.1, -0.05) is 0 Å². The van der Waals surface area contributed by atoms with Crippen LogP contribution in [0.4, 0.5) is 30.2 Å². The summed E-state index contributed by atoms with van der Waals surface area (Å²) >= 11 is 0. The summed E-state index contributed by atoms with van der Waals surface area (Å²) in [5, 5.41) is 5.63. The van der Waals surface area contributed by atoms with Gasteiger partial charge in [0.2, 0.25) is 5.91 Å². The van der Waals surface area contributed by atoms with E-state index in [2.05, 4.69) is 10.6 Å². The van der Waals surface area contributed by atoms with Gasteiger partial charge in [0.25, 0.3) is 0 Å². The summed E-state index contributed by atoms with van der Waals surface area (Å²) in [6.07, 6.45) is -3.94. The predicted octanol–water partition coefficient (Wildman–Crippen LogP) is 2.91. The fourth-order valence-corrected chi connectivity index (χ4v) is 2.11. The molecule has 4 nitrogen and oxygen atoms in total. The van der Waals surface area contributed by atoms with Crippen LogP contribution in [-0.2, 0) is 11.2 Å². The lowest BCUT2D eigenvalue weighted by molar-refractivity contribution is -0.134. The number of aryl methyl sites for hydroxylation is 1. The molecule has 0 spiro atoms. The summed E-state index contributed by atoms with van der Waals surface area (Å²) in [6, 6.07) is 3.43. The minimum Gasteiger partial charge on any atom is -0.397 e. The molecule has 1 aromatic carbocycles. The Labute approximate surface area is 114 Å². The van der Waals surface area contributed by atoms with Crippen LogP contribution in [0.1, 0.15) is 24.8 Å². The zero-order valence-electron chi connectivity index (χ0n) is 10.8. The highest BCUT2D eigenvalue weighted by Gasteiger charge is 2.26. The van der Waals surface area contributed by atoms with Crippen LogP contribution in [0.15, 0.2) is 12.1 Å². The number of hydrogen-bond donors (Lipinski definition) is 3. The van der Waals surface area contributed by atoms with E-state index >= 15 is 0 Å². The number of nitrogens with one attached hydrogen (secondary N) is 2. The fourth-order valence-electron chi connectivity index (χ4n) is 2.11. The number of nitrogen functional groups attached to an aromatic ring is 1. The highest BCUT2D eigenvalue weighted by atomic mass is 19.4. The van der Waals surface area contributed by atoms with Crippen molar-refractivity contribution in [2.24, 2.45) is 0 Å². The second-order valence-electron chi connectivity index (χ2n) is 4.79. The number of carbonyl (C=O) groups is 1. The average Bonchev–Trinajstić information content (AvgIpc) is 2.34. The van der Waals surface area contributed by atoms with E-state index in [0.29, 0.717) is 29.9 Å². The number of anilines is 3. The second-order valence-corrected chi connectivity index (χ2v) is 4.79. The zero-order valence-corrected chi connectivity index (χ0v) is 10.8. The Kier molecular flexibility index (Phi) is 4.06. The van der Waals surface area contributed by atoms with Crippen LogP contribution >= 0.6 is 0 Å². The lowest BCUT2D eigenvalue weighted by Crippen LogP contribution is -2.19. The van der Waals surface area contributed by atoms with E-state index in [1.54, 1.807) is 12.1 Å². The van der Waals surface area contributed by atoms with Crippen molar-refractivity contribution in [1.29, 1.82) is 0 Å². The van der Waals surface area contributed by atoms with Gasteiger partial charge in [0.05, 0.1) is 11.4 Å². The predicted molar refractivity (Wildman–Crippen MR) is 71.6 cm³/mol. The molecule has 0 aliphatic carbocycles. The molecule has 1 amide bonds. The van der Waals surface area contributed by atoms with E-state index in [9.17, 15) is 18.0 Å². The summed E-state index contributed by atoms with van der Waals surface area (Å²) in [7, 11) is 0. The molecule has 110 valence electrons. The van der Waals surface area contributed by atoms with Crippen molar-refractivity contribution >= 4 is 23.0 Å². The van der Waals surface area contributed by atoms with Gasteiger partial charge in [0, 0.05) is 25.1 Å². The molecule has 1 aliphatic rings. The minimum atomic E-state index is -4.13. The normalized spacial score (nSPS) is 14.7. The number of alkyl halides is 3. The molecule has 20 heavy (non-hydrogen) atoms. The molecule has 0 aromatic heterocycles. The van der Waals surface area contributed by atoms with Gasteiger partial charge in [-0.25, -0.2) is 0 Å². The maximum Gasteiger partial charge on any atom is 0.389 e. The Morgan fingerprint density at radius 1 is 1.30 bits per heavy atom.